The zero-order valence-electron chi connectivity index (χ0n) is 13.6. The molecule has 0 aromatic heterocycles. The Morgan fingerprint density at radius 2 is 1.91 bits per heavy atom. The summed E-state index contributed by atoms with van der Waals surface area (Å²) in [5.41, 5.74) is 1.27. The molecule has 1 aliphatic rings. The Labute approximate surface area is 138 Å². The van der Waals surface area contributed by atoms with Crippen LogP contribution in [-0.2, 0) is 4.79 Å². The van der Waals surface area contributed by atoms with Crippen molar-refractivity contribution in [2.24, 2.45) is 0 Å². The van der Waals surface area contributed by atoms with Gasteiger partial charge in [-0.25, -0.2) is 0 Å². The molecule has 1 aliphatic heterocycles. The minimum atomic E-state index is 0.179. The van der Waals surface area contributed by atoms with Crippen molar-refractivity contribution in [3.63, 3.8) is 0 Å². The first-order valence-corrected chi connectivity index (χ1v) is 9.41. The van der Waals surface area contributed by atoms with Crippen molar-refractivity contribution in [3.8, 4) is 0 Å². The van der Waals surface area contributed by atoms with E-state index in [1.54, 1.807) is 11.8 Å². The average molecular weight is 321 g/mol. The quantitative estimate of drug-likeness (QED) is 0.588. The summed E-state index contributed by atoms with van der Waals surface area (Å²) in [5.74, 6) is 1.03. The van der Waals surface area contributed by atoms with Gasteiger partial charge in [-0.2, -0.15) is 0 Å². The maximum absolute atomic E-state index is 11.8. The lowest BCUT2D eigenvalue weighted by atomic mass is 10.1. The van der Waals surface area contributed by atoms with Crippen molar-refractivity contribution < 1.29 is 4.79 Å². The zero-order chi connectivity index (χ0) is 15.6. The van der Waals surface area contributed by atoms with Crippen molar-refractivity contribution in [2.75, 3.05) is 31.9 Å². The molecule has 0 radical (unpaired) electrons. The number of hydrogen-bond donors (Lipinski definition) is 1. The second kappa shape index (κ2) is 9.90. The molecule has 1 amide bonds. The van der Waals surface area contributed by atoms with Crippen LogP contribution in [0.2, 0.25) is 0 Å². The maximum Gasteiger partial charge on any atom is 0.220 e. The number of thioether (sulfide) groups is 1. The van der Waals surface area contributed by atoms with Crippen LogP contribution in [-0.4, -0.2) is 42.7 Å². The number of piperidine rings is 1. The van der Waals surface area contributed by atoms with Crippen molar-refractivity contribution in [1.29, 1.82) is 0 Å². The van der Waals surface area contributed by atoms with Crippen LogP contribution in [0.4, 0.5) is 0 Å². The molecule has 122 valence electrons. The molecule has 0 aliphatic carbocycles. The van der Waals surface area contributed by atoms with E-state index in [1.165, 1.54) is 42.8 Å². The van der Waals surface area contributed by atoms with Crippen LogP contribution < -0.4 is 5.32 Å². The van der Waals surface area contributed by atoms with Crippen LogP contribution in [0.15, 0.2) is 29.2 Å². The molecule has 0 unspecified atom stereocenters. The largest absolute Gasteiger partial charge is 0.356 e. The predicted octanol–water partition coefficient (Wildman–Crippen LogP) is 3.47. The summed E-state index contributed by atoms with van der Waals surface area (Å²) < 4.78 is 0. The SMILES string of the molecule is Cc1ccc(SCCC(=O)NCCCN2CCCCC2)cc1. The molecule has 1 N–H and O–H groups in total. The van der Waals surface area contributed by atoms with E-state index in [2.05, 4.69) is 41.4 Å². The van der Waals surface area contributed by atoms with Crippen LogP contribution in [0.1, 0.15) is 37.7 Å². The molecule has 22 heavy (non-hydrogen) atoms. The highest BCUT2D eigenvalue weighted by Gasteiger charge is 2.09. The fraction of sp³-hybridized carbons (Fsp3) is 0.611. The monoisotopic (exact) mass is 320 g/mol. The lowest BCUT2D eigenvalue weighted by Gasteiger charge is -2.26. The van der Waals surface area contributed by atoms with E-state index in [9.17, 15) is 4.79 Å². The number of carbonyl (C=O) groups excluding carboxylic acids is 1. The van der Waals surface area contributed by atoms with Gasteiger partial charge in [-0.05, 0) is 58.0 Å². The van der Waals surface area contributed by atoms with Crippen LogP contribution in [0.5, 0.6) is 0 Å². The van der Waals surface area contributed by atoms with Crippen molar-refractivity contribution in [3.05, 3.63) is 29.8 Å². The van der Waals surface area contributed by atoms with Crippen molar-refractivity contribution in [2.45, 2.75) is 43.9 Å². The second-order valence-electron chi connectivity index (χ2n) is 6.02. The molecule has 1 aromatic carbocycles. The minimum Gasteiger partial charge on any atom is -0.356 e. The maximum atomic E-state index is 11.8. The number of benzene rings is 1. The normalized spacial score (nSPS) is 15.7. The number of hydrogen-bond acceptors (Lipinski definition) is 3. The van der Waals surface area contributed by atoms with Crippen molar-refractivity contribution in [1.82, 2.24) is 10.2 Å². The molecule has 1 saturated heterocycles. The second-order valence-corrected chi connectivity index (χ2v) is 7.19. The average Bonchev–Trinajstić information content (AvgIpc) is 2.54. The van der Waals surface area contributed by atoms with Crippen LogP contribution >= 0.6 is 11.8 Å². The molecule has 1 heterocycles. The van der Waals surface area contributed by atoms with Gasteiger partial charge in [-0.1, -0.05) is 24.1 Å². The van der Waals surface area contributed by atoms with Gasteiger partial charge in [0.2, 0.25) is 5.91 Å². The first kappa shape index (κ1) is 17.4. The molecule has 0 atom stereocenters. The summed E-state index contributed by atoms with van der Waals surface area (Å²) in [6.45, 7) is 6.50. The molecule has 3 nitrogen and oxygen atoms in total. The Hall–Kier alpha value is -1.00. The van der Waals surface area contributed by atoms with Gasteiger partial charge in [0.15, 0.2) is 0 Å². The first-order valence-electron chi connectivity index (χ1n) is 8.42. The molecule has 1 aromatic rings. The highest BCUT2D eigenvalue weighted by Crippen LogP contribution is 2.18. The predicted molar refractivity (Wildman–Crippen MR) is 94.4 cm³/mol. The van der Waals surface area contributed by atoms with Crippen molar-refractivity contribution >= 4 is 17.7 Å². The third-order valence-electron chi connectivity index (χ3n) is 4.04. The molecular weight excluding hydrogens is 292 g/mol. The molecule has 0 spiro atoms. The summed E-state index contributed by atoms with van der Waals surface area (Å²) in [5, 5.41) is 3.04. The van der Waals surface area contributed by atoms with Crippen LogP contribution in [0, 0.1) is 6.92 Å². The fourth-order valence-corrected chi connectivity index (χ4v) is 3.55. The van der Waals surface area contributed by atoms with Gasteiger partial charge in [-0.3, -0.25) is 4.79 Å². The van der Waals surface area contributed by atoms with Gasteiger partial charge < -0.3 is 10.2 Å². The lowest BCUT2D eigenvalue weighted by Crippen LogP contribution is -2.33. The highest BCUT2D eigenvalue weighted by atomic mass is 32.2. The smallest absolute Gasteiger partial charge is 0.220 e. The minimum absolute atomic E-state index is 0.179. The number of nitrogens with zero attached hydrogens (tertiary/aromatic N) is 1. The summed E-state index contributed by atoms with van der Waals surface area (Å²) in [4.78, 5) is 15.6. The highest BCUT2D eigenvalue weighted by molar-refractivity contribution is 7.99. The third kappa shape index (κ3) is 6.84. The van der Waals surface area contributed by atoms with Gasteiger partial charge in [0.25, 0.3) is 0 Å². The first-order chi connectivity index (χ1) is 10.7. The Morgan fingerprint density at radius 1 is 1.18 bits per heavy atom. The number of likely N-dealkylation sites (tertiary alicyclic amines) is 1. The number of carbonyl (C=O) groups is 1. The Kier molecular flexibility index (Phi) is 7.81. The molecule has 0 bridgehead atoms. The van der Waals surface area contributed by atoms with Crippen LogP contribution in [0.3, 0.4) is 0 Å². The summed E-state index contributed by atoms with van der Waals surface area (Å²) in [7, 11) is 0. The van der Waals surface area contributed by atoms with Gasteiger partial charge in [0.05, 0.1) is 0 Å². The van der Waals surface area contributed by atoms with Gasteiger partial charge in [0.1, 0.15) is 0 Å². The number of nitrogens with one attached hydrogen (secondary N) is 1. The number of rotatable bonds is 8. The van der Waals surface area contributed by atoms with Crippen LogP contribution in [0.25, 0.3) is 0 Å². The molecule has 4 heteroatoms. The molecule has 2 rings (SSSR count). The topological polar surface area (TPSA) is 32.3 Å². The van der Waals surface area contributed by atoms with Gasteiger partial charge in [-0.15, -0.1) is 11.8 Å². The van der Waals surface area contributed by atoms with Gasteiger partial charge in [0, 0.05) is 23.6 Å². The Balaban J connectivity index is 1.49. The fourth-order valence-electron chi connectivity index (χ4n) is 2.70. The van der Waals surface area contributed by atoms with E-state index in [-0.39, 0.29) is 5.91 Å². The third-order valence-corrected chi connectivity index (χ3v) is 5.05. The number of aryl methyl sites for hydroxylation is 1. The summed E-state index contributed by atoms with van der Waals surface area (Å²) in [6, 6.07) is 8.47. The van der Waals surface area contributed by atoms with E-state index < -0.39 is 0 Å². The van der Waals surface area contributed by atoms with E-state index in [0.717, 1.165) is 25.3 Å². The zero-order valence-corrected chi connectivity index (χ0v) is 14.5. The van der Waals surface area contributed by atoms with E-state index in [1.807, 2.05) is 0 Å². The Bertz CT molecular complexity index is 441. The lowest BCUT2D eigenvalue weighted by molar-refractivity contribution is -0.120. The van der Waals surface area contributed by atoms with Gasteiger partial charge >= 0.3 is 0 Å². The summed E-state index contributed by atoms with van der Waals surface area (Å²) >= 11 is 1.75. The molecular formula is C18H28N2OS. The molecule has 0 saturated carbocycles. The number of amides is 1. The Morgan fingerprint density at radius 3 is 2.64 bits per heavy atom. The van der Waals surface area contributed by atoms with E-state index in [4.69, 9.17) is 0 Å². The van der Waals surface area contributed by atoms with E-state index >= 15 is 0 Å². The summed E-state index contributed by atoms with van der Waals surface area (Å²) in [6.07, 6.45) is 5.72. The molecule has 1 fully saturated rings. The van der Waals surface area contributed by atoms with E-state index in [0.29, 0.717) is 6.42 Å². The standard InChI is InChI=1S/C18H28N2OS/c1-16-6-8-17(9-7-16)22-15-10-18(21)19-11-5-14-20-12-3-2-4-13-20/h6-9H,2-5,10-15H2,1H3,(H,19,21).